The van der Waals surface area contributed by atoms with Crippen LogP contribution in [0, 0.1) is 0 Å². The van der Waals surface area contributed by atoms with Crippen molar-refractivity contribution in [2.45, 2.75) is 15.5 Å². The number of benzene rings is 5. The molecule has 0 saturated carbocycles. The average Bonchev–Trinajstić information content (AvgIpc) is 3.46. The lowest BCUT2D eigenvalue weighted by Crippen LogP contribution is -2.26. The second-order valence-corrected chi connectivity index (χ2v) is 15.0. The predicted octanol–water partition coefficient (Wildman–Crippen LogP) is 7.85. The topological polar surface area (TPSA) is 100 Å². The van der Waals surface area contributed by atoms with Gasteiger partial charge in [0.15, 0.2) is 9.84 Å². The summed E-state index contributed by atoms with van der Waals surface area (Å²) < 4.78 is 54.2. The van der Waals surface area contributed by atoms with Gasteiger partial charge in [0.05, 0.1) is 21.2 Å². The number of rotatable bonds is 8. The molecule has 7 rings (SSSR count). The third-order valence-corrected chi connectivity index (χ3v) is 11.7. The lowest BCUT2D eigenvalue weighted by atomic mass is 9.92. The SMILES string of the molecule is CN(c1ccc(-c2cnc3[nH]c4ccc(CS(=O)(=O)c5ccccc5)cc4c3c2-c2ccccc2)cc1)S(=O)(=O)c1ccccc1. The molecule has 46 heavy (non-hydrogen) atoms. The van der Waals surface area contributed by atoms with E-state index in [9.17, 15) is 16.8 Å². The van der Waals surface area contributed by atoms with Crippen LogP contribution in [-0.4, -0.2) is 33.9 Å². The van der Waals surface area contributed by atoms with E-state index in [1.54, 1.807) is 79.8 Å². The molecule has 2 heterocycles. The van der Waals surface area contributed by atoms with Crippen LogP contribution in [0.4, 0.5) is 5.69 Å². The molecule has 0 amide bonds. The Labute approximate surface area is 267 Å². The van der Waals surface area contributed by atoms with E-state index in [0.717, 1.165) is 38.5 Å². The molecule has 0 atom stereocenters. The van der Waals surface area contributed by atoms with Gasteiger partial charge in [0.2, 0.25) is 0 Å². The average molecular weight is 644 g/mol. The Hall–Kier alpha value is -5.25. The number of hydrogen-bond donors (Lipinski definition) is 1. The summed E-state index contributed by atoms with van der Waals surface area (Å²) in [5.74, 6) is -0.131. The van der Waals surface area contributed by atoms with Crippen molar-refractivity contribution in [2.24, 2.45) is 0 Å². The van der Waals surface area contributed by atoms with Crippen LogP contribution in [0.25, 0.3) is 44.2 Å². The molecule has 0 spiro atoms. The maximum atomic E-state index is 13.2. The molecule has 5 aromatic carbocycles. The minimum atomic E-state index is -3.73. The van der Waals surface area contributed by atoms with Gasteiger partial charge in [-0.1, -0.05) is 84.9 Å². The lowest BCUT2D eigenvalue weighted by Gasteiger charge is -2.20. The van der Waals surface area contributed by atoms with Crippen LogP contribution in [0.1, 0.15) is 5.56 Å². The van der Waals surface area contributed by atoms with Gasteiger partial charge < -0.3 is 4.98 Å². The molecule has 1 N–H and O–H groups in total. The van der Waals surface area contributed by atoms with E-state index in [1.165, 1.54) is 4.31 Å². The van der Waals surface area contributed by atoms with E-state index in [0.29, 0.717) is 16.9 Å². The predicted molar refractivity (Wildman–Crippen MR) is 184 cm³/mol. The molecule has 0 saturated heterocycles. The zero-order valence-corrected chi connectivity index (χ0v) is 26.5. The van der Waals surface area contributed by atoms with E-state index >= 15 is 0 Å². The summed E-state index contributed by atoms with van der Waals surface area (Å²) in [6.07, 6.45) is 1.82. The fourth-order valence-electron chi connectivity index (χ4n) is 5.79. The van der Waals surface area contributed by atoms with Crippen LogP contribution < -0.4 is 4.31 Å². The van der Waals surface area contributed by atoms with Crippen molar-refractivity contribution in [3.63, 3.8) is 0 Å². The van der Waals surface area contributed by atoms with Crippen molar-refractivity contribution >= 4 is 47.5 Å². The van der Waals surface area contributed by atoms with Crippen molar-refractivity contribution in [2.75, 3.05) is 11.4 Å². The van der Waals surface area contributed by atoms with Gasteiger partial charge in [-0.05, 0) is 65.2 Å². The van der Waals surface area contributed by atoms with Crippen LogP contribution in [0.3, 0.4) is 0 Å². The molecular formula is C37H29N3O4S2. The number of anilines is 1. The maximum Gasteiger partial charge on any atom is 0.264 e. The van der Waals surface area contributed by atoms with Crippen LogP contribution in [0.15, 0.2) is 149 Å². The van der Waals surface area contributed by atoms with E-state index in [-0.39, 0.29) is 15.5 Å². The Morgan fingerprint density at radius 2 is 1.28 bits per heavy atom. The molecule has 0 aliphatic carbocycles. The van der Waals surface area contributed by atoms with Gasteiger partial charge in [0, 0.05) is 40.7 Å². The number of nitrogens with one attached hydrogen (secondary N) is 1. The number of hydrogen-bond acceptors (Lipinski definition) is 5. The molecule has 7 nitrogen and oxygen atoms in total. The second-order valence-electron chi connectivity index (χ2n) is 11.0. The zero-order chi connectivity index (χ0) is 31.9. The summed E-state index contributed by atoms with van der Waals surface area (Å²) >= 11 is 0. The molecule has 9 heteroatoms. The molecular weight excluding hydrogens is 615 g/mol. The summed E-state index contributed by atoms with van der Waals surface area (Å²) in [5, 5.41) is 1.75. The Morgan fingerprint density at radius 1 is 0.674 bits per heavy atom. The Bertz CT molecular complexity index is 2410. The number of pyridine rings is 1. The normalized spacial score (nSPS) is 12.0. The fraction of sp³-hybridized carbons (Fsp3) is 0.0541. The van der Waals surface area contributed by atoms with Crippen molar-refractivity contribution in [3.8, 4) is 22.3 Å². The summed E-state index contributed by atoms with van der Waals surface area (Å²) in [6.45, 7) is 0. The van der Waals surface area contributed by atoms with E-state index in [2.05, 4.69) is 4.98 Å². The second kappa shape index (κ2) is 11.6. The van der Waals surface area contributed by atoms with E-state index < -0.39 is 19.9 Å². The third kappa shape index (κ3) is 5.33. The largest absolute Gasteiger partial charge is 0.339 e. The van der Waals surface area contributed by atoms with Gasteiger partial charge in [-0.15, -0.1) is 0 Å². The highest BCUT2D eigenvalue weighted by molar-refractivity contribution is 7.92. The first kappa shape index (κ1) is 29.5. The highest BCUT2D eigenvalue weighted by Gasteiger charge is 2.22. The molecule has 228 valence electrons. The first-order valence-corrected chi connectivity index (χ1v) is 17.7. The number of aromatic amines is 1. The molecule has 2 aromatic heterocycles. The van der Waals surface area contributed by atoms with Gasteiger partial charge in [0.1, 0.15) is 5.65 Å². The smallest absolute Gasteiger partial charge is 0.264 e. The number of H-pyrrole nitrogens is 1. The molecule has 0 aliphatic heterocycles. The van der Waals surface area contributed by atoms with Crippen molar-refractivity contribution in [1.82, 2.24) is 9.97 Å². The molecule has 7 aromatic rings. The fourth-order valence-corrected chi connectivity index (χ4v) is 8.36. The van der Waals surface area contributed by atoms with Gasteiger partial charge in [-0.25, -0.2) is 21.8 Å². The van der Waals surface area contributed by atoms with Gasteiger partial charge in [-0.3, -0.25) is 4.31 Å². The molecule has 0 unspecified atom stereocenters. The monoisotopic (exact) mass is 643 g/mol. The third-order valence-electron chi connectivity index (χ3n) is 8.15. The first-order chi connectivity index (χ1) is 22.2. The standard InChI is InChI=1S/C37H29N3O4S2/c1-40(46(43,44)31-15-9-4-10-16-31)29-20-18-27(19-21-29)33-24-38-37-36(35(33)28-11-5-2-6-12-28)32-23-26(17-22-34(32)39-37)25-45(41,42)30-13-7-3-8-14-30/h2-24H,25H2,1H3,(H,38,39). The maximum absolute atomic E-state index is 13.2. The molecule has 0 fully saturated rings. The van der Waals surface area contributed by atoms with Crippen LogP contribution >= 0.6 is 0 Å². The van der Waals surface area contributed by atoms with Gasteiger partial charge in [-0.2, -0.15) is 0 Å². The zero-order valence-electron chi connectivity index (χ0n) is 24.8. The molecule has 0 bridgehead atoms. The Balaban J connectivity index is 1.35. The lowest BCUT2D eigenvalue weighted by molar-refractivity contribution is 0.593. The Morgan fingerprint density at radius 3 is 1.93 bits per heavy atom. The highest BCUT2D eigenvalue weighted by atomic mass is 32.2. The number of fused-ring (bicyclic) bond motifs is 3. The van der Waals surface area contributed by atoms with Crippen molar-refractivity contribution < 1.29 is 16.8 Å². The summed E-state index contributed by atoms with van der Waals surface area (Å²) in [6, 6.07) is 39.8. The minimum Gasteiger partial charge on any atom is -0.339 e. The summed E-state index contributed by atoms with van der Waals surface area (Å²) in [5.41, 5.74) is 6.38. The van der Waals surface area contributed by atoms with Crippen LogP contribution in [0.2, 0.25) is 0 Å². The van der Waals surface area contributed by atoms with Gasteiger partial charge >= 0.3 is 0 Å². The van der Waals surface area contributed by atoms with Gasteiger partial charge in [0.25, 0.3) is 10.0 Å². The first-order valence-electron chi connectivity index (χ1n) is 14.6. The Kier molecular flexibility index (Phi) is 7.43. The minimum absolute atomic E-state index is 0.131. The summed E-state index contributed by atoms with van der Waals surface area (Å²) in [4.78, 5) is 8.71. The number of sulfonamides is 1. The molecule has 0 aliphatic rings. The van der Waals surface area contributed by atoms with E-state index in [1.807, 2.05) is 66.9 Å². The summed E-state index contributed by atoms with van der Waals surface area (Å²) in [7, 11) is -5.73. The molecule has 0 radical (unpaired) electrons. The van der Waals surface area contributed by atoms with Crippen molar-refractivity contribution in [1.29, 1.82) is 0 Å². The highest BCUT2D eigenvalue weighted by Crippen LogP contribution is 2.41. The van der Waals surface area contributed by atoms with Crippen molar-refractivity contribution in [3.05, 3.63) is 145 Å². The number of nitrogens with zero attached hydrogens (tertiary/aromatic N) is 2. The number of aromatic nitrogens is 2. The quantitative estimate of drug-likeness (QED) is 0.182. The van der Waals surface area contributed by atoms with Crippen LogP contribution in [0.5, 0.6) is 0 Å². The van der Waals surface area contributed by atoms with Crippen LogP contribution in [-0.2, 0) is 25.6 Å². The number of sulfone groups is 1. The van der Waals surface area contributed by atoms with E-state index in [4.69, 9.17) is 4.98 Å².